The maximum atomic E-state index is 5.44. The van der Waals surface area contributed by atoms with E-state index in [2.05, 4.69) is 29.1 Å². The Hall–Kier alpha value is -1.00. The molecule has 0 aromatic carbocycles. The van der Waals surface area contributed by atoms with E-state index in [1.807, 2.05) is 12.4 Å². The highest BCUT2D eigenvalue weighted by Crippen LogP contribution is 1.92. The van der Waals surface area contributed by atoms with Crippen molar-refractivity contribution in [1.29, 1.82) is 0 Å². The Labute approximate surface area is 91.1 Å². The van der Waals surface area contributed by atoms with Gasteiger partial charge in [-0.25, -0.2) is 9.97 Å². The van der Waals surface area contributed by atoms with Crippen LogP contribution >= 0.6 is 0 Å². The van der Waals surface area contributed by atoms with Crippen molar-refractivity contribution >= 4 is 0 Å². The van der Waals surface area contributed by atoms with Crippen LogP contribution in [0.1, 0.15) is 19.4 Å². The SMILES string of the molecule is CC(C)COCCNCc1cncnc1. The first kappa shape index (κ1) is 12.1. The smallest absolute Gasteiger partial charge is 0.115 e. The van der Waals surface area contributed by atoms with E-state index in [4.69, 9.17) is 4.74 Å². The molecule has 0 saturated heterocycles. The minimum absolute atomic E-state index is 0.604. The van der Waals surface area contributed by atoms with Gasteiger partial charge in [-0.15, -0.1) is 0 Å². The molecule has 1 heterocycles. The molecular formula is C11H19N3O. The first-order chi connectivity index (χ1) is 7.29. The number of nitrogens with zero attached hydrogens (tertiary/aromatic N) is 2. The van der Waals surface area contributed by atoms with Gasteiger partial charge >= 0.3 is 0 Å². The fourth-order valence-corrected chi connectivity index (χ4v) is 1.12. The van der Waals surface area contributed by atoms with Crippen LogP contribution in [-0.4, -0.2) is 29.7 Å². The summed E-state index contributed by atoms with van der Waals surface area (Å²) in [5, 5.41) is 3.27. The van der Waals surface area contributed by atoms with Crippen LogP contribution in [0.4, 0.5) is 0 Å². The second-order valence-corrected chi connectivity index (χ2v) is 3.89. The number of rotatable bonds is 7. The molecule has 0 aliphatic rings. The third-order valence-electron chi connectivity index (χ3n) is 1.82. The largest absolute Gasteiger partial charge is 0.380 e. The van der Waals surface area contributed by atoms with E-state index in [9.17, 15) is 0 Å². The van der Waals surface area contributed by atoms with Crippen molar-refractivity contribution in [2.75, 3.05) is 19.8 Å². The summed E-state index contributed by atoms with van der Waals surface area (Å²) in [5.74, 6) is 0.604. The summed E-state index contributed by atoms with van der Waals surface area (Å²) in [6.07, 6.45) is 5.17. The summed E-state index contributed by atoms with van der Waals surface area (Å²) in [4.78, 5) is 7.88. The van der Waals surface area contributed by atoms with Crippen molar-refractivity contribution in [2.24, 2.45) is 5.92 Å². The molecule has 0 aliphatic carbocycles. The van der Waals surface area contributed by atoms with Gasteiger partial charge in [0.15, 0.2) is 0 Å². The normalized spacial score (nSPS) is 10.9. The molecule has 1 rings (SSSR count). The van der Waals surface area contributed by atoms with Gasteiger partial charge in [0.25, 0.3) is 0 Å². The molecule has 1 aromatic heterocycles. The predicted octanol–water partition coefficient (Wildman–Crippen LogP) is 1.24. The molecule has 15 heavy (non-hydrogen) atoms. The molecule has 0 aliphatic heterocycles. The Bertz CT molecular complexity index is 251. The number of aromatic nitrogens is 2. The molecule has 1 aromatic rings. The van der Waals surface area contributed by atoms with E-state index in [0.29, 0.717) is 5.92 Å². The van der Waals surface area contributed by atoms with E-state index in [1.54, 1.807) is 0 Å². The van der Waals surface area contributed by atoms with Crippen LogP contribution < -0.4 is 5.32 Å². The summed E-state index contributed by atoms with van der Waals surface area (Å²) in [6, 6.07) is 0. The van der Waals surface area contributed by atoms with E-state index < -0.39 is 0 Å². The van der Waals surface area contributed by atoms with Crippen LogP contribution in [0, 0.1) is 5.92 Å². The second kappa shape index (κ2) is 7.31. The standard InChI is InChI=1S/C11H19N3O/c1-10(2)8-15-4-3-12-5-11-6-13-9-14-7-11/h6-7,9-10,12H,3-5,8H2,1-2H3. The molecule has 0 saturated carbocycles. The van der Waals surface area contributed by atoms with Gasteiger partial charge in [-0.2, -0.15) is 0 Å². The molecule has 4 heteroatoms. The van der Waals surface area contributed by atoms with Crippen molar-refractivity contribution in [3.8, 4) is 0 Å². The van der Waals surface area contributed by atoms with Gasteiger partial charge < -0.3 is 10.1 Å². The molecule has 0 amide bonds. The van der Waals surface area contributed by atoms with E-state index in [0.717, 1.165) is 31.9 Å². The highest BCUT2D eigenvalue weighted by atomic mass is 16.5. The minimum atomic E-state index is 0.604. The summed E-state index contributed by atoms with van der Waals surface area (Å²) in [6.45, 7) is 7.54. The average molecular weight is 209 g/mol. The molecule has 4 nitrogen and oxygen atoms in total. The third-order valence-corrected chi connectivity index (χ3v) is 1.82. The Morgan fingerprint density at radius 3 is 2.73 bits per heavy atom. The van der Waals surface area contributed by atoms with Crippen LogP contribution in [0.2, 0.25) is 0 Å². The van der Waals surface area contributed by atoms with Crippen LogP contribution in [0.25, 0.3) is 0 Å². The van der Waals surface area contributed by atoms with Crippen LogP contribution in [-0.2, 0) is 11.3 Å². The third kappa shape index (κ3) is 6.14. The van der Waals surface area contributed by atoms with Gasteiger partial charge in [0, 0.05) is 37.7 Å². The number of nitrogens with one attached hydrogen (secondary N) is 1. The zero-order chi connectivity index (χ0) is 10.9. The fourth-order valence-electron chi connectivity index (χ4n) is 1.12. The summed E-state index contributed by atoms with van der Waals surface area (Å²) in [7, 11) is 0. The monoisotopic (exact) mass is 209 g/mol. The van der Waals surface area contributed by atoms with Crippen molar-refractivity contribution in [1.82, 2.24) is 15.3 Å². The van der Waals surface area contributed by atoms with Gasteiger partial charge in [-0.1, -0.05) is 13.8 Å². The summed E-state index contributed by atoms with van der Waals surface area (Å²) in [5.41, 5.74) is 1.10. The molecule has 0 unspecified atom stereocenters. The lowest BCUT2D eigenvalue weighted by Crippen LogP contribution is -2.20. The van der Waals surface area contributed by atoms with Gasteiger partial charge in [-0.05, 0) is 5.92 Å². The zero-order valence-electron chi connectivity index (χ0n) is 9.44. The van der Waals surface area contributed by atoms with Crippen molar-refractivity contribution in [3.05, 3.63) is 24.3 Å². The second-order valence-electron chi connectivity index (χ2n) is 3.89. The van der Waals surface area contributed by atoms with Gasteiger partial charge in [0.2, 0.25) is 0 Å². The lowest BCUT2D eigenvalue weighted by molar-refractivity contribution is 0.111. The van der Waals surface area contributed by atoms with Crippen molar-refractivity contribution in [3.63, 3.8) is 0 Å². The fraction of sp³-hybridized carbons (Fsp3) is 0.636. The van der Waals surface area contributed by atoms with E-state index in [1.165, 1.54) is 6.33 Å². The maximum Gasteiger partial charge on any atom is 0.115 e. The molecular weight excluding hydrogens is 190 g/mol. The molecule has 0 bridgehead atoms. The van der Waals surface area contributed by atoms with E-state index in [-0.39, 0.29) is 0 Å². The lowest BCUT2D eigenvalue weighted by Gasteiger charge is -2.07. The zero-order valence-corrected chi connectivity index (χ0v) is 9.44. The molecule has 0 fully saturated rings. The number of hydrogen-bond donors (Lipinski definition) is 1. The molecule has 1 N–H and O–H groups in total. The molecule has 0 radical (unpaired) electrons. The van der Waals surface area contributed by atoms with Crippen LogP contribution in [0.5, 0.6) is 0 Å². The Morgan fingerprint density at radius 2 is 2.07 bits per heavy atom. The Balaban J connectivity index is 1.98. The quantitative estimate of drug-likeness (QED) is 0.686. The highest BCUT2D eigenvalue weighted by Gasteiger charge is 1.94. The van der Waals surface area contributed by atoms with Crippen molar-refractivity contribution in [2.45, 2.75) is 20.4 Å². The molecule has 84 valence electrons. The lowest BCUT2D eigenvalue weighted by atomic mass is 10.2. The average Bonchev–Trinajstić information content (AvgIpc) is 2.24. The number of ether oxygens (including phenoxy) is 1. The highest BCUT2D eigenvalue weighted by molar-refractivity contribution is 5.01. The predicted molar refractivity (Wildman–Crippen MR) is 59.4 cm³/mol. The van der Waals surface area contributed by atoms with Gasteiger partial charge in [-0.3, -0.25) is 0 Å². The topological polar surface area (TPSA) is 47.0 Å². The minimum Gasteiger partial charge on any atom is -0.380 e. The first-order valence-electron chi connectivity index (χ1n) is 5.31. The molecule has 0 spiro atoms. The Kier molecular flexibility index (Phi) is 5.88. The maximum absolute atomic E-state index is 5.44. The van der Waals surface area contributed by atoms with Gasteiger partial charge in [0.1, 0.15) is 6.33 Å². The summed E-state index contributed by atoms with van der Waals surface area (Å²) < 4.78 is 5.44. The Morgan fingerprint density at radius 1 is 1.33 bits per heavy atom. The van der Waals surface area contributed by atoms with Crippen LogP contribution in [0.3, 0.4) is 0 Å². The van der Waals surface area contributed by atoms with E-state index >= 15 is 0 Å². The number of hydrogen-bond acceptors (Lipinski definition) is 4. The summed E-state index contributed by atoms with van der Waals surface area (Å²) >= 11 is 0. The van der Waals surface area contributed by atoms with Crippen LogP contribution in [0.15, 0.2) is 18.7 Å². The first-order valence-corrected chi connectivity index (χ1v) is 5.31. The molecule has 0 atom stereocenters. The van der Waals surface area contributed by atoms with Gasteiger partial charge in [0.05, 0.1) is 6.61 Å². The van der Waals surface area contributed by atoms with Crippen molar-refractivity contribution < 1.29 is 4.74 Å².